The highest BCUT2D eigenvalue weighted by Crippen LogP contribution is 2.19. The molecule has 1 aromatic heterocycles. The van der Waals surface area contributed by atoms with Crippen molar-refractivity contribution in [3.63, 3.8) is 0 Å². The van der Waals surface area contributed by atoms with Crippen LogP contribution in [0.4, 0.5) is 0 Å². The van der Waals surface area contributed by atoms with Crippen LogP contribution in [0.1, 0.15) is 33.5 Å². The van der Waals surface area contributed by atoms with E-state index in [2.05, 4.69) is 67.8 Å². The Balaban J connectivity index is 2.15. The molecule has 0 bridgehead atoms. The average Bonchev–Trinajstić information content (AvgIpc) is 2.63. The number of hydrogen-bond donors (Lipinski definition) is 1. The van der Waals surface area contributed by atoms with Crippen LogP contribution < -0.4 is 5.32 Å². The van der Waals surface area contributed by atoms with E-state index in [4.69, 9.17) is 0 Å². The lowest BCUT2D eigenvalue weighted by Crippen LogP contribution is -2.37. The first-order chi connectivity index (χ1) is 8.39. The summed E-state index contributed by atoms with van der Waals surface area (Å²) in [5.41, 5.74) is 2.53. The molecule has 1 unspecified atom stereocenters. The number of benzene rings is 1. The summed E-state index contributed by atoms with van der Waals surface area (Å²) in [6.07, 6.45) is 0. The summed E-state index contributed by atoms with van der Waals surface area (Å²) in [6.45, 7) is 9.78. The fourth-order valence-electron chi connectivity index (χ4n) is 1.90. The molecule has 0 radical (unpaired) electrons. The van der Waals surface area contributed by atoms with Gasteiger partial charge in [-0.2, -0.15) is 0 Å². The zero-order valence-corrected chi connectivity index (χ0v) is 12.0. The zero-order valence-electron chi connectivity index (χ0n) is 12.0. The van der Waals surface area contributed by atoms with Crippen molar-refractivity contribution < 1.29 is 0 Å². The second-order valence-corrected chi connectivity index (χ2v) is 6.04. The summed E-state index contributed by atoms with van der Waals surface area (Å²) in [7, 11) is 2.08. The molecule has 1 aromatic carbocycles. The molecule has 0 fully saturated rings. The van der Waals surface area contributed by atoms with Gasteiger partial charge in [0.05, 0.1) is 17.6 Å². The molecule has 0 aliphatic rings. The Hall–Kier alpha value is -1.35. The maximum Gasteiger partial charge on any atom is 0.123 e. The molecule has 0 aliphatic heterocycles. The van der Waals surface area contributed by atoms with E-state index in [0.29, 0.717) is 6.04 Å². The number of nitrogens with zero attached hydrogens (tertiary/aromatic N) is 2. The highest BCUT2D eigenvalue weighted by molar-refractivity contribution is 5.75. The van der Waals surface area contributed by atoms with Gasteiger partial charge in [-0.1, -0.05) is 32.9 Å². The first-order valence-corrected chi connectivity index (χ1v) is 6.53. The number of hydrogen-bond acceptors (Lipinski definition) is 2. The molecule has 0 spiro atoms. The van der Waals surface area contributed by atoms with Crippen LogP contribution in [0.5, 0.6) is 0 Å². The van der Waals surface area contributed by atoms with Gasteiger partial charge in [0, 0.05) is 13.1 Å². The molecule has 1 N–H and O–H groups in total. The molecule has 18 heavy (non-hydrogen) atoms. The predicted molar refractivity (Wildman–Crippen MR) is 76.5 cm³/mol. The van der Waals surface area contributed by atoms with Gasteiger partial charge < -0.3 is 9.88 Å². The van der Waals surface area contributed by atoms with Crippen molar-refractivity contribution in [3.8, 4) is 0 Å². The number of imidazole rings is 1. The Kier molecular flexibility index (Phi) is 3.44. The zero-order chi connectivity index (χ0) is 13.3. The minimum atomic E-state index is 0.268. The van der Waals surface area contributed by atoms with Crippen molar-refractivity contribution in [1.82, 2.24) is 14.9 Å². The van der Waals surface area contributed by atoms with E-state index in [1.54, 1.807) is 0 Å². The van der Waals surface area contributed by atoms with E-state index in [-0.39, 0.29) is 5.41 Å². The predicted octanol–water partition coefficient (Wildman–Crippen LogP) is 3.10. The number of fused-ring (bicyclic) bond motifs is 1. The summed E-state index contributed by atoms with van der Waals surface area (Å²) in [4.78, 5) is 4.67. The van der Waals surface area contributed by atoms with E-state index in [0.717, 1.165) is 17.9 Å². The Morgan fingerprint density at radius 1 is 1.28 bits per heavy atom. The van der Waals surface area contributed by atoms with E-state index < -0.39 is 0 Å². The summed E-state index contributed by atoms with van der Waals surface area (Å²) in [5, 5.41) is 3.56. The standard InChI is InChI=1S/C15H23N3/c1-11(15(2,3)4)16-10-14-17-12-8-6-7-9-13(12)18(14)5/h6-9,11,16H,10H2,1-5H3. The molecule has 98 valence electrons. The SMILES string of the molecule is CC(NCc1nc2ccccc2n1C)C(C)(C)C. The third kappa shape index (κ3) is 2.56. The molecular weight excluding hydrogens is 222 g/mol. The van der Waals surface area contributed by atoms with Crippen LogP contribution in [0.15, 0.2) is 24.3 Å². The van der Waals surface area contributed by atoms with Gasteiger partial charge in [-0.15, -0.1) is 0 Å². The summed E-state index contributed by atoms with van der Waals surface area (Å²) in [6, 6.07) is 8.71. The van der Waals surface area contributed by atoms with Crippen LogP contribution in [-0.4, -0.2) is 15.6 Å². The first kappa shape index (κ1) is 13.1. The van der Waals surface area contributed by atoms with Crippen LogP contribution in [0.25, 0.3) is 11.0 Å². The third-order valence-electron chi connectivity index (χ3n) is 3.75. The van der Waals surface area contributed by atoms with Gasteiger partial charge in [-0.25, -0.2) is 4.98 Å². The van der Waals surface area contributed by atoms with Gasteiger partial charge in [-0.3, -0.25) is 0 Å². The highest BCUT2D eigenvalue weighted by atomic mass is 15.1. The topological polar surface area (TPSA) is 29.9 Å². The number of para-hydroxylation sites is 2. The lowest BCUT2D eigenvalue weighted by molar-refractivity contribution is 0.283. The van der Waals surface area contributed by atoms with Crippen LogP contribution in [0.2, 0.25) is 0 Å². The molecule has 1 heterocycles. The van der Waals surface area contributed by atoms with Crippen molar-refractivity contribution in [3.05, 3.63) is 30.1 Å². The Labute approximate surface area is 109 Å². The van der Waals surface area contributed by atoms with E-state index in [1.165, 1.54) is 5.52 Å². The van der Waals surface area contributed by atoms with Crippen molar-refractivity contribution >= 4 is 11.0 Å². The lowest BCUT2D eigenvalue weighted by Gasteiger charge is -2.28. The molecule has 0 saturated heterocycles. The fourth-order valence-corrected chi connectivity index (χ4v) is 1.90. The molecule has 2 rings (SSSR count). The van der Waals surface area contributed by atoms with Gasteiger partial charge in [0.1, 0.15) is 5.82 Å². The highest BCUT2D eigenvalue weighted by Gasteiger charge is 2.19. The quantitative estimate of drug-likeness (QED) is 0.900. The number of aryl methyl sites for hydroxylation is 1. The minimum Gasteiger partial charge on any atom is -0.330 e. The lowest BCUT2D eigenvalue weighted by atomic mass is 9.88. The largest absolute Gasteiger partial charge is 0.330 e. The number of nitrogens with one attached hydrogen (secondary N) is 1. The van der Waals surface area contributed by atoms with E-state index >= 15 is 0 Å². The van der Waals surface area contributed by atoms with E-state index in [1.807, 2.05) is 6.07 Å². The summed E-state index contributed by atoms with van der Waals surface area (Å²) >= 11 is 0. The van der Waals surface area contributed by atoms with Crippen LogP contribution in [0, 0.1) is 5.41 Å². The molecule has 2 aromatic rings. The molecule has 0 amide bonds. The van der Waals surface area contributed by atoms with Gasteiger partial charge >= 0.3 is 0 Å². The van der Waals surface area contributed by atoms with Crippen molar-refractivity contribution in [2.45, 2.75) is 40.3 Å². The molecule has 0 saturated carbocycles. The second-order valence-electron chi connectivity index (χ2n) is 6.04. The van der Waals surface area contributed by atoms with Crippen molar-refractivity contribution in [2.75, 3.05) is 0 Å². The monoisotopic (exact) mass is 245 g/mol. The molecule has 1 atom stereocenters. The molecule has 0 aliphatic carbocycles. The van der Waals surface area contributed by atoms with E-state index in [9.17, 15) is 0 Å². The first-order valence-electron chi connectivity index (χ1n) is 6.53. The van der Waals surface area contributed by atoms with Crippen LogP contribution in [-0.2, 0) is 13.6 Å². The van der Waals surface area contributed by atoms with Crippen LogP contribution >= 0.6 is 0 Å². The Morgan fingerprint density at radius 3 is 2.56 bits per heavy atom. The number of aromatic nitrogens is 2. The number of rotatable bonds is 3. The van der Waals surface area contributed by atoms with Crippen LogP contribution in [0.3, 0.4) is 0 Å². The fraction of sp³-hybridized carbons (Fsp3) is 0.533. The second kappa shape index (κ2) is 4.73. The minimum absolute atomic E-state index is 0.268. The molecule has 3 heteroatoms. The normalized spacial score (nSPS) is 14.1. The van der Waals surface area contributed by atoms with Gasteiger partial charge in [0.2, 0.25) is 0 Å². The maximum atomic E-state index is 4.67. The maximum absolute atomic E-state index is 4.67. The summed E-state index contributed by atoms with van der Waals surface area (Å²) < 4.78 is 2.16. The van der Waals surface area contributed by atoms with Gasteiger partial charge in [0.25, 0.3) is 0 Å². The van der Waals surface area contributed by atoms with Gasteiger partial charge in [0.15, 0.2) is 0 Å². The Morgan fingerprint density at radius 2 is 1.94 bits per heavy atom. The Bertz CT molecular complexity index is 534. The summed E-state index contributed by atoms with van der Waals surface area (Å²) in [5.74, 6) is 1.09. The average molecular weight is 245 g/mol. The van der Waals surface area contributed by atoms with Gasteiger partial charge in [-0.05, 0) is 24.5 Å². The third-order valence-corrected chi connectivity index (χ3v) is 3.75. The molecular formula is C15H23N3. The van der Waals surface area contributed by atoms with Crippen molar-refractivity contribution in [1.29, 1.82) is 0 Å². The smallest absolute Gasteiger partial charge is 0.123 e. The van der Waals surface area contributed by atoms with Crippen molar-refractivity contribution in [2.24, 2.45) is 12.5 Å². The molecule has 3 nitrogen and oxygen atoms in total.